The van der Waals surface area contributed by atoms with Crippen molar-refractivity contribution in [3.63, 3.8) is 0 Å². The highest BCUT2D eigenvalue weighted by molar-refractivity contribution is 5.90. The number of nitrogens with one attached hydrogen (secondary N) is 3. The van der Waals surface area contributed by atoms with Crippen molar-refractivity contribution >= 4 is 33.3 Å². The molecule has 1 fully saturated rings. The van der Waals surface area contributed by atoms with E-state index in [-0.39, 0.29) is 18.2 Å². The Hall–Kier alpha value is -3.10. The third-order valence-electron chi connectivity index (χ3n) is 5.55. The van der Waals surface area contributed by atoms with Gasteiger partial charge in [-0.2, -0.15) is 10.2 Å². The number of aromatic nitrogens is 4. The summed E-state index contributed by atoms with van der Waals surface area (Å²) in [5, 5.41) is 19.9. The molecule has 2 aliphatic heterocycles. The molecule has 2 unspecified atom stereocenters. The first kappa shape index (κ1) is 15.0. The topological polar surface area (TPSA) is 114 Å². The molecule has 0 radical (unpaired) electrons. The van der Waals surface area contributed by atoms with E-state index in [1.54, 1.807) is 0 Å². The van der Waals surface area contributed by atoms with Crippen molar-refractivity contribution in [3.05, 3.63) is 47.7 Å². The lowest BCUT2D eigenvalue weighted by Gasteiger charge is -2.43. The molecular weight excluding hydrogens is 344 g/mol. The maximum absolute atomic E-state index is 6.18. The maximum atomic E-state index is 6.18. The number of aromatic amines is 2. The monoisotopic (exact) mass is 362 g/mol. The van der Waals surface area contributed by atoms with Crippen molar-refractivity contribution in [2.24, 2.45) is 0 Å². The fourth-order valence-electron chi connectivity index (χ4n) is 4.30. The van der Waals surface area contributed by atoms with Gasteiger partial charge in [0.25, 0.3) is 0 Å². The third kappa shape index (κ3) is 2.11. The molecule has 0 amide bonds. The van der Waals surface area contributed by atoms with Crippen molar-refractivity contribution in [2.75, 3.05) is 24.3 Å². The largest absolute Gasteiger partial charge is 0.382 e. The van der Waals surface area contributed by atoms with Crippen LogP contribution in [0.5, 0.6) is 0 Å². The number of nitrogen functional groups attached to an aromatic ring is 1. The second-order valence-corrected chi connectivity index (χ2v) is 7.02. The van der Waals surface area contributed by atoms with Gasteiger partial charge in [-0.15, -0.1) is 0 Å². The number of benzene rings is 2. The van der Waals surface area contributed by atoms with Crippen molar-refractivity contribution in [3.8, 4) is 0 Å². The minimum absolute atomic E-state index is 0.0501. The third-order valence-corrected chi connectivity index (χ3v) is 5.55. The van der Waals surface area contributed by atoms with Gasteiger partial charge >= 0.3 is 0 Å². The normalized spacial score (nSPS) is 24.5. The van der Waals surface area contributed by atoms with E-state index in [9.17, 15) is 0 Å². The van der Waals surface area contributed by atoms with Gasteiger partial charge in [0.2, 0.25) is 0 Å². The number of nitrogens with zero attached hydrogens (tertiary/aromatic N) is 2. The van der Waals surface area contributed by atoms with Gasteiger partial charge in [-0.25, -0.2) is 0 Å². The predicted octanol–water partition coefficient (Wildman–Crippen LogP) is 2.64. The highest BCUT2D eigenvalue weighted by Crippen LogP contribution is 2.46. The number of hydrogen-bond acceptors (Lipinski definition) is 6. The van der Waals surface area contributed by atoms with E-state index in [4.69, 9.17) is 15.2 Å². The van der Waals surface area contributed by atoms with Crippen molar-refractivity contribution in [1.82, 2.24) is 20.4 Å². The average molecular weight is 362 g/mol. The van der Waals surface area contributed by atoms with Crippen LogP contribution in [0.2, 0.25) is 0 Å². The molecule has 2 aromatic carbocycles. The molecule has 2 aliphatic rings. The molecule has 1 saturated heterocycles. The summed E-state index contributed by atoms with van der Waals surface area (Å²) in [4.78, 5) is 0. The Labute approximate surface area is 154 Å². The number of rotatable bonds is 1. The molecule has 8 nitrogen and oxygen atoms in total. The molecule has 4 aromatic rings. The standard InChI is InChI=1S/C19H18N6O2/c20-19-10-7-9(1-2-12(10)24-25-19)16-18-17(26-5-6-27-18)15-11-8-21-23-13(11)3-4-14(15)22-16/h1-4,7-8,16-18,22H,5-6H2,(H,21,23)(H3,20,24,25)/t16-,17?,18?/m0/s1. The van der Waals surface area contributed by atoms with Gasteiger partial charge in [-0.3, -0.25) is 10.2 Å². The molecule has 0 saturated carbocycles. The SMILES string of the molecule is Nc1n[nH]c2ccc([C@@H]3Nc4ccc5[nH]ncc5c4C4OCCOC43)cc12. The summed E-state index contributed by atoms with van der Waals surface area (Å²) >= 11 is 0. The minimum atomic E-state index is -0.154. The van der Waals surface area contributed by atoms with E-state index < -0.39 is 0 Å². The smallest absolute Gasteiger partial charge is 0.153 e. The number of ether oxygens (including phenoxy) is 2. The van der Waals surface area contributed by atoms with Gasteiger partial charge in [0, 0.05) is 22.0 Å². The first-order valence-electron chi connectivity index (χ1n) is 8.99. The lowest BCUT2D eigenvalue weighted by Crippen LogP contribution is -2.43. The number of fused-ring (bicyclic) bond motifs is 6. The van der Waals surface area contributed by atoms with E-state index in [1.807, 2.05) is 18.3 Å². The molecule has 27 heavy (non-hydrogen) atoms. The molecule has 0 spiro atoms. The zero-order valence-corrected chi connectivity index (χ0v) is 14.4. The van der Waals surface area contributed by atoms with Gasteiger partial charge in [-0.05, 0) is 29.8 Å². The zero-order valence-electron chi connectivity index (χ0n) is 14.4. The van der Waals surface area contributed by atoms with Gasteiger partial charge < -0.3 is 20.5 Å². The van der Waals surface area contributed by atoms with Crippen molar-refractivity contribution < 1.29 is 9.47 Å². The molecule has 5 N–H and O–H groups in total. The summed E-state index contributed by atoms with van der Waals surface area (Å²) < 4.78 is 12.4. The number of H-pyrrole nitrogens is 2. The van der Waals surface area contributed by atoms with E-state index in [0.29, 0.717) is 19.0 Å². The highest BCUT2D eigenvalue weighted by atomic mass is 16.6. The van der Waals surface area contributed by atoms with Gasteiger partial charge in [0.05, 0.1) is 36.5 Å². The average Bonchev–Trinajstić information content (AvgIpc) is 3.33. The van der Waals surface area contributed by atoms with Crippen LogP contribution in [0.1, 0.15) is 23.3 Å². The number of nitrogens with two attached hydrogens (primary N) is 1. The Bertz CT molecular complexity index is 1170. The van der Waals surface area contributed by atoms with Crippen LogP contribution in [-0.2, 0) is 9.47 Å². The molecule has 6 rings (SSSR count). The van der Waals surface area contributed by atoms with Crippen molar-refractivity contribution in [2.45, 2.75) is 18.2 Å². The van der Waals surface area contributed by atoms with Crippen LogP contribution in [0.3, 0.4) is 0 Å². The molecule has 2 aromatic heterocycles. The highest BCUT2D eigenvalue weighted by Gasteiger charge is 2.42. The van der Waals surface area contributed by atoms with Crippen LogP contribution in [-0.4, -0.2) is 39.7 Å². The Balaban J connectivity index is 1.52. The van der Waals surface area contributed by atoms with E-state index in [0.717, 1.165) is 38.6 Å². The fraction of sp³-hybridized carbons (Fsp3) is 0.263. The summed E-state index contributed by atoms with van der Waals surface area (Å²) in [6.45, 7) is 1.15. The van der Waals surface area contributed by atoms with Crippen LogP contribution in [0, 0.1) is 0 Å². The first-order chi connectivity index (χ1) is 13.3. The first-order valence-corrected chi connectivity index (χ1v) is 8.99. The zero-order chi connectivity index (χ0) is 18.0. The molecule has 136 valence electrons. The van der Waals surface area contributed by atoms with Crippen molar-refractivity contribution in [1.29, 1.82) is 0 Å². The molecule has 8 heteroatoms. The summed E-state index contributed by atoms with van der Waals surface area (Å²) in [5.41, 5.74) is 11.2. The second kappa shape index (κ2) is 5.45. The predicted molar refractivity (Wildman–Crippen MR) is 101 cm³/mol. The molecule has 0 aliphatic carbocycles. The van der Waals surface area contributed by atoms with Gasteiger partial charge in [0.1, 0.15) is 12.2 Å². The Morgan fingerprint density at radius 3 is 2.81 bits per heavy atom. The van der Waals surface area contributed by atoms with Crippen LogP contribution in [0.4, 0.5) is 11.5 Å². The number of hydrogen-bond donors (Lipinski definition) is 4. The Morgan fingerprint density at radius 2 is 1.85 bits per heavy atom. The summed E-state index contributed by atoms with van der Waals surface area (Å²) in [6, 6.07) is 10.2. The lowest BCUT2D eigenvalue weighted by atomic mass is 9.86. The van der Waals surface area contributed by atoms with Crippen LogP contribution < -0.4 is 11.1 Å². The number of anilines is 2. The van der Waals surface area contributed by atoms with E-state index in [2.05, 4.69) is 43.9 Å². The summed E-state index contributed by atoms with van der Waals surface area (Å²) in [7, 11) is 0. The Morgan fingerprint density at radius 1 is 1.00 bits per heavy atom. The summed E-state index contributed by atoms with van der Waals surface area (Å²) in [6.07, 6.45) is 1.56. The molecule has 3 atom stereocenters. The van der Waals surface area contributed by atoms with E-state index in [1.165, 1.54) is 0 Å². The second-order valence-electron chi connectivity index (χ2n) is 7.02. The quantitative estimate of drug-likeness (QED) is 0.414. The van der Waals surface area contributed by atoms with E-state index >= 15 is 0 Å². The van der Waals surface area contributed by atoms with Crippen LogP contribution in [0.25, 0.3) is 21.8 Å². The molecular formula is C19H18N6O2. The van der Waals surface area contributed by atoms with Gasteiger partial charge in [0.15, 0.2) is 5.82 Å². The fourth-order valence-corrected chi connectivity index (χ4v) is 4.30. The maximum Gasteiger partial charge on any atom is 0.153 e. The summed E-state index contributed by atoms with van der Waals surface area (Å²) in [5.74, 6) is 0.500. The van der Waals surface area contributed by atoms with Crippen LogP contribution in [0.15, 0.2) is 36.5 Å². The lowest BCUT2D eigenvalue weighted by molar-refractivity contribution is -0.150. The van der Waals surface area contributed by atoms with Crippen LogP contribution >= 0.6 is 0 Å². The molecule has 0 bridgehead atoms. The molecule has 4 heterocycles. The Kier molecular flexibility index (Phi) is 3.03. The minimum Gasteiger partial charge on any atom is -0.382 e. The van der Waals surface area contributed by atoms with Gasteiger partial charge in [-0.1, -0.05) is 6.07 Å².